The van der Waals surface area contributed by atoms with Crippen molar-refractivity contribution in [3.05, 3.63) is 95.5 Å². The van der Waals surface area contributed by atoms with E-state index >= 15 is 0 Å². The number of halogens is 1. The minimum Gasteiger partial charge on any atom is -0.321 e. The number of aromatic nitrogens is 2. The molecule has 0 radical (unpaired) electrons. The summed E-state index contributed by atoms with van der Waals surface area (Å²) < 4.78 is 1.58. The fourth-order valence-electron chi connectivity index (χ4n) is 2.83. The highest BCUT2D eigenvalue weighted by Gasteiger charge is 2.21. The molecule has 0 spiro atoms. The fraction of sp³-hybridized carbons (Fsp3) is 0. The molecule has 0 saturated carbocycles. The van der Waals surface area contributed by atoms with Crippen LogP contribution in [-0.2, 0) is 0 Å². The van der Waals surface area contributed by atoms with E-state index in [2.05, 4.69) is 15.6 Å². The van der Waals surface area contributed by atoms with Crippen molar-refractivity contribution in [2.75, 3.05) is 10.6 Å². The standard InChI is InChI=1S/C21H15ClN4O2/c22-14-7-6-10-16(13-14)24-21(28)19-25-18(17-11-4-5-12-26(17)19)20(27)23-15-8-2-1-3-9-15/h1-13H,(H,23,27)(H,24,28). The Labute approximate surface area is 165 Å². The Morgan fingerprint density at radius 3 is 2.32 bits per heavy atom. The number of nitrogens with zero attached hydrogens (tertiary/aromatic N) is 2. The van der Waals surface area contributed by atoms with Gasteiger partial charge < -0.3 is 10.6 Å². The van der Waals surface area contributed by atoms with Crippen molar-refractivity contribution in [1.82, 2.24) is 9.38 Å². The van der Waals surface area contributed by atoms with E-state index < -0.39 is 11.8 Å². The van der Waals surface area contributed by atoms with Gasteiger partial charge in [-0.2, -0.15) is 0 Å². The fourth-order valence-corrected chi connectivity index (χ4v) is 3.02. The molecule has 2 aromatic heterocycles. The number of carbonyl (C=O) groups is 2. The minimum atomic E-state index is -0.442. The van der Waals surface area contributed by atoms with E-state index in [9.17, 15) is 9.59 Å². The third-order valence-corrected chi connectivity index (χ3v) is 4.32. The van der Waals surface area contributed by atoms with Crippen LogP contribution in [0.4, 0.5) is 11.4 Å². The molecule has 138 valence electrons. The molecule has 6 nitrogen and oxygen atoms in total. The number of hydrogen-bond acceptors (Lipinski definition) is 3. The lowest BCUT2D eigenvalue weighted by atomic mass is 10.3. The van der Waals surface area contributed by atoms with Crippen LogP contribution in [0.5, 0.6) is 0 Å². The summed E-state index contributed by atoms with van der Waals surface area (Å²) in [6.45, 7) is 0. The summed E-state index contributed by atoms with van der Waals surface area (Å²) in [5.74, 6) is -0.729. The van der Waals surface area contributed by atoms with Gasteiger partial charge in [0.2, 0.25) is 5.82 Å². The van der Waals surface area contributed by atoms with Crippen molar-refractivity contribution in [3.63, 3.8) is 0 Å². The first kappa shape index (κ1) is 17.8. The number of amides is 2. The van der Waals surface area contributed by atoms with Crippen LogP contribution >= 0.6 is 11.6 Å². The van der Waals surface area contributed by atoms with E-state index in [4.69, 9.17) is 11.6 Å². The number of nitrogens with one attached hydrogen (secondary N) is 2. The molecular formula is C21H15ClN4O2. The zero-order valence-electron chi connectivity index (χ0n) is 14.6. The van der Waals surface area contributed by atoms with E-state index in [1.54, 1.807) is 65.2 Å². The van der Waals surface area contributed by atoms with Gasteiger partial charge in [-0.05, 0) is 42.5 Å². The summed E-state index contributed by atoms with van der Waals surface area (Å²) in [6.07, 6.45) is 1.69. The zero-order chi connectivity index (χ0) is 19.5. The largest absolute Gasteiger partial charge is 0.321 e. The number of benzene rings is 2. The van der Waals surface area contributed by atoms with Crippen molar-refractivity contribution in [1.29, 1.82) is 0 Å². The average molecular weight is 391 g/mol. The quantitative estimate of drug-likeness (QED) is 0.539. The number of imidazole rings is 1. The first-order valence-electron chi connectivity index (χ1n) is 8.52. The van der Waals surface area contributed by atoms with Crippen molar-refractivity contribution in [2.45, 2.75) is 0 Å². The van der Waals surface area contributed by atoms with Crippen LogP contribution in [0.1, 0.15) is 21.1 Å². The van der Waals surface area contributed by atoms with Crippen LogP contribution in [0.2, 0.25) is 5.02 Å². The molecule has 2 N–H and O–H groups in total. The second-order valence-electron chi connectivity index (χ2n) is 6.02. The number of carbonyl (C=O) groups excluding carboxylic acids is 2. The molecule has 0 bridgehead atoms. The summed E-state index contributed by atoms with van der Waals surface area (Å²) in [4.78, 5) is 29.8. The first-order valence-corrected chi connectivity index (χ1v) is 8.90. The van der Waals surface area contributed by atoms with Crippen LogP contribution in [0.3, 0.4) is 0 Å². The summed E-state index contributed by atoms with van der Waals surface area (Å²) in [6, 6.07) is 21.2. The Bertz CT molecular complexity index is 1170. The van der Waals surface area contributed by atoms with Gasteiger partial charge in [0.1, 0.15) is 0 Å². The molecule has 4 aromatic rings. The van der Waals surface area contributed by atoms with Gasteiger partial charge in [0.15, 0.2) is 5.69 Å². The second kappa shape index (κ2) is 7.54. The number of para-hydroxylation sites is 1. The van der Waals surface area contributed by atoms with Gasteiger partial charge in [-0.1, -0.05) is 41.9 Å². The summed E-state index contributed by atoms with van der Waals surface area (Å²) in [7, 11) is 0. The molecule has 7 heteroatoms. The van der Waals surface area contributed by atoms with E-state index in [0.29, 0.717) is 21.9 Å². The number of anilines is 2. The SMILES string of the molecule is O=C(Nc1ccccc1)c1nc(C(=O)Nc2cccc(Cl)c2)n2ccccc12. The third kappa shape index (κ3) is 3.58. The highest BCUT2D eigenvalue weighted by atomic mass is 35.5. The van der Waals surface area contributed by atoms with Crippen molar-refractivity contribution in [2.24, 2.45) is 0 Å². The van der Waals surface area contributed by atoms with E-state index in [-0.39, 0.29) is 11.5 Å². The monoisotopic (exact) mass is 390 g/mol. The highest BCUT2D eigenvalue weighted by molar-refractivity contribution is 6.31. The summed E-state index contributed by atoms with van der Waals surface area (Å²) in [5, 5.41) is 6.06. The molecular weight excluding hydrogens is 376 g/mol. The molecule has 2 amide bonds. The maximum atomic E-state index is 12.8. The maximum Gasteiger partial charge on any atom is 0.292 e. The lowest BCUT2D eigenvalue weighted by molar-refractivity contribution is 0.101. The van der Waals surface area contributed by atoms with Crippen molar-refractivity contribution in [3.8, 4) is 0 Å². The van der Waals surface area contributed by atoms with Gasteiger partial charge >= 0.3 is 0 Å². The van der Waals surface area contributed by atoms with Crippen LogP contribution in [0.15, 0.2) is 79.0 Å². The minimum absolute atomic E-state index is 0.105. The molecule has 0 unspecified atom stereocenters. The Balaban J connectivity index is 1.68. The van der Waals surface area contributed by atoms with E-state index in [1.807, 2.05) is 18.2 Å². The molecule has 28 heavy (non-hydrogen) atoms. The zero-order valence-corrected chi connectivity index (χ0v) is 15.4. The first-order chi connectivity index (χ1) is 13.6. The van der Waals surface area contributed by atoms with E-state index in [0.717, 1.165) is 0 Å². The van der Waals surface area contributed by atoms with Crippen LogP contribution in [0, 0.1) is 0 Å². The lowest BCUT2D eigenvalue weighted by Crippen LogP contribution is -2.16. The van der Waals surface area contributed by atoms with Crippen LogP contribution in [-0.4, -0.2) is 21.2 Å². The maximum absolute atomic E-state index is 12.8. The Kier molecular flexibility index (Phi) is 4.78. The number of fused-ring (bicyclic) bond motifs is 1. The lowest BCUT2D eigenvalue weighted by Gasteiger charge is -2.04. The van der Waals surface area contributed by atoms with Crippen LogP contribution in [0.25, 0.3) is 5.52 Å². The molecule has 0 aliphatic heterocycles. The molecule has 0 aliphatic carbocycles. The predicted molar refractivity (Wildman–Crippen MR) is 109 cm³/mol. The normalized spacial score (nSPS) is 10.6. The van der Waals surface area contributed by atoms with Crippen molar-refractivity contribution < 1.29 is 9.59 Å². The van der Waals surface area contributed by atoms with Gasteiger partial charge in [-0.15, -0.1) is 0 Å². The van der Waals surface area contributed by atoms with Gasteiger partial charge in [-0.25, -0.2) is 4.98 Å². The smallest absolute Gasteiger partial charge is 0.292 e. The highest BCUT2D eigenvalue weighted by Crippen LogP contribution is 2.19. The summed E-state index contributed by atoms with van der Waals surface area (Å²) >= 11 is 5.97. The van der Waals surface area contributed by atoms with Gasteiger partial charge in [-0.3, -0.25) is 14.0 Å². The molecule has 4 rings (SSSR count). The Morgan fingerprint density at radius 1 is 0.821 bits per heavy atom. The molecule has 0 atom stereocenters. The molecule has 0 aliphatic rings. The predicted octanol–water partition coefficient (Wildman–Crippen LogP) is 4.49. The number of hydrogen-bond donors (Lipinski definition) is 2. The third-order valence-electron chi connectivity index (χ3n) is 4.08. The summed E-state index contributed by atoms with van der Waals surface area (Å²) in [5.41, 5.74) is 1.89. The van der Waals surface area contributed by atoms with Gasteiger partial charge in [0.05, 0.1) is 5.52 Å². The topological polar surface area (TPSA) is 75.5 Å². The number of pyridine rings is 1. The van der Waals surface area contributed by atoms with Crippen molar-refractivity contribution >= 4 is 40.3 Å². The number of rotatable bonds is 4. The van der Waals surface area contributed by atoms with Gasteiger partial charge in [0.25, 0.3) is 11.8 Å². The molecule has 0 saturated heterocycles. The Hall–Kier alpha value is -3.64. The molecule has 0 fully saturated rings. The average Bonchev–Trinajstić information content (AvgIpc) is 3.09. The van der Waals surface area contributed by atoms with Gasteiger partial charge in [0, 0.05) is 22.6 Å². The van der Waals surface area contributed by atoms with Crippen LogP contribution < -0.4 is 10.6 Å². The molecule has 2 heterocycles. The molecule has 2 aromatic carbocycles. The Morgan fingerprint density at radius 2 is 1.54 bits per heavy atom. The second-order valence-corrected chi connectivity index (χ2v) is 6.46. The van der Waals surface area contributed by atoms with E-state index in [1.165, 1.54) is 0 Å².